The first-order valence-corrected chi connectivity index (χ1v) is 9.23. The van der Waals surface area contributed by atoms with Crippen molar-refractivity contribution in [1.29, 1.82) is 0 Å². The molecule has 2 heterocycles. The SMILES string of the molecule is CC(=O)Nc1ccc(Nc2nccn3c(-c4ccc(Cl)c(F)c4)cnc23)cc1C. The maximum absolute atomic E-state index is 13.9. The van der Waals surface area contributed by atoms with E-state index >= 15 is 0 Å². The fraction of sp³-hybridized carbons (Fsp3) is 0.0952. The minimum absolute atomic E-state index is 0.0738. The predicted octanol–water partition coefficient (Wildman–Crippen LogP) is 5.20. The fourth-order valence-corrected chi connectivity index (χ4v) is 3.20. The van der Waals surface area contributed by atoms with Crippen LogP contribution < -0.4 is 10.6 Å². The average molecular weight is 410 g/mol. The fourth-order valence-electron chi connectivity index (χ4n) is 3.08. The summed E-state index contributed by atoms with van der Waals surface area (Å²) in [4.78, 5) is 20.1. The molecule has 2 aromatic heterocycles. The topological polar surface area (TPSA) is 71.3 Å². The zero-order valence-corrected chi connectivity index (χ0v) is 16.5. The minimum atomic E-state index is -0.485. The molecule has 0 saturated carbocycles. The molecule has 0 fully saturated rings. The van der Waals surface area contributed by atoms with Gasteiger partial charge in [0.2, 0.25) is 5.91 Å². The number of aryl methyl sites for hydroxylation is 1. The maximum Gasteiger partial charge on any atom is 0.221 e. The van der Waals surface area contributed by atoms with Crippen LogP contribution in [0.15, 0.2) is 55.0 Å². The lowest BCUT2D eigenvalue weighted by atomic mass is 10.1. The van der Waals surface area contributed by atoms with Crippen LogP contribution in [0, 0.1) is 12.7 Å². The van der Waals surface area contributed by atoms with Crippen LogP contribution in [-0.2, 0) is 4.79 Å². The number of hydrogen-bond donors (Lipinski definition) is 2. The van der Waals surface area contributed by atoms with Crippen molar-refractivity contribution in [1.82, 2.24) is 14.4 Å². The molecule has 0 atom stereocenters. The van der Waals surface area contributed by atoms with Gasteiger partial charge in [0.05, 0.1) is 16.9 Å². The van der Waals surface area contributed by atoms with Gasteiger partial charge in [0.25, 0.3) is 0 Å². The van der Waals surface area contributed by atoms with E-state index in [4.69, 9.17) is 11.6 Å². The van der Waals surface area contributed by atoms with E-state index in [1.54, 1.807) is 24.7 Å². The van der Waals surface area contributed by atoms with Crippen molar-refractivity contribution < 1.29 is 9.18 Å². The van der Waals surface area contributed by atoms with E-state index in [9.17, 15) is 9.18 Å². The number of carbonyl (C=O) groups is 1. The number of hydrogen-bond acceptors (Lipinski definition) is 4. The molecular formula is C21H17ClFN5O. The number of carbonyl (C=O) groups excluding carboxylic acids is 1. The van der Waals surface area contributed by atoms with E-state index in [1.165, 1.54) is 19.1 Å². The van der Waals surface area contributed by atoms with Crippen molar-refractivity contribution in [3.8, 4) is 11.3 Å². The van der Waals surface area contributed by atoms with Gasteiger partial charge in [-0.2, -0.15) is 0 Å². The Morgan fingerprint density at radius 3 is 2.72 bits per heavy atom. The molecule has 2 aromatic carbocycles. The Morgan fingerprint density at radius 2 is 2.00 bits per heavy atom. The van der Waals surface area contributed by atoms with E-state index in [-0.39, 0.29) is 10.9 Å². The van der Waals surface area contributed by atoms with E-state index in [2.05, 4.69) is 20.6 Å². The number of nitrogens with one attached hydrogen (secondary N) is 2. The molecule has 1 amide bonds. The molecule has 0 bridgehead atoms. The number of anilines is 3. The molecule has 0 saturated heterocycles. The summed E-state index contributed by atoms with van der Waals surface area (Å²) in [6.07, 6.45) is 5.07. The number of halogens is 2. The molecule has 0 aliphatic rings. The quantitative estimate of drug-likeness (QED) is 0.486. The zero-order valence-electron chi connectivity index (χ0n) is 15.7. The molecule has 0 spiro atoms. The third-order valence-electron chi connectivity index (χ3n) is 4.44. The summed E-state index contributed by atoms with van der Waals surface area (Å²) in [5.41, 5.74) is 4.45. The standard InChI is InChI=1S/C21H17ClFN5O/c1-12-9-15(4-6-18(12)26-13(2)29)27-20-21-25-11-19(28(21)8-7-24-20)14-3-5-16(22)17(23)10-14/h3-11H,1-2H3,(H,24,27)(H,26,29). The molecule has 8 heteroatoms. The van der Waals surface area contributed by atoms with Gasteiger partial charge in [0.15, 0.2) is 11.5 Å². The van der Waals surface area contributed by atoms with Gasteiger partial charge in [-0.25, -0.2) is 14.4 Å². The summed E-state index contributed by atoms with van der Waals surface area (Å²) < 4.78 is 15.7. The second-order valence-corrected chi connectivity index (χ2v) is 6.98. The highest BCUT2D eigenvalue weighted by Crippen LogP contribution is 2.28. The van der Waals surface area contributed by atoms with Crippen LogP contribution in [0.1, 0.15) is 12.5 Å². The van der Waals surface area contributed by atoms with Gasteiger partial charge in [-0.05, 0) is 42.8 Å². The molecule has 6 nitrogen and oxygen atoms in total. The molecule has 29 heavy (non-hydrogen) atoms. The van der Waals surface area contributed by atoms with E-state index in [0.29, 0.717) is 17.0 Å². The lowest BCUT2D eigenvalue weighted by Gasteiger charge is -2.11. The number of benzene rings is 2. The Morgan fingerprint density at radius 1 is 1.17 bits per heavy atom. The zero-order chi connectivity index (χ0) is 20.5. The van der Waals surface area contributed by atoms with E-state index < -0.39 is 5.82 Å². The van der Waals surface area contributed by atoms with Gasteiger partial charge >= 0.3 is 0 Å². The van der Waals surface area contributed by atoms with Crippen molar-refractivity contribution in [3.63, 3.8) is 0 Å². The number of rotatable bonds is 4. The molecule has 0 aliphatic carbocycles. The van der Waals surface area contributed by atoms with E-state index in [1.807, 2.05) is 29.5 Å². The summed E-state index contributed by atoms with van der Waals surface area (Å²) >= 11 is 5.79. The molecule has 4 aromatic rings. The van der Waals surface area contributed by atoms with Crippen molar-refractivity contribution in [2.24, 2.45) is 0 Å². The van der Waals surface area contributed by atoms with Crippen LogP contribution in [-0.4, -0.2) is 20.3 Å². The summed E-state index contributed by atoms with van der Waals surface area (Å²) in [6.45, 7) is 3.38. The Hall–Kier alpha value is -3.45. The van der Waals surface area contributed by atoms with Crippen LogP contribution >= 0.6 is 11.6 Å². The number of imidazole rings is 1. The first-order valence-electron chi connectivity index (χ1n) is 8.85. The van der Waals surface area contributed by atoms with E-state index in [0.717, 1.165) is 22.6 Å². The normalized spacial score (nSPS) is 10.9. The van der Waals surface area contributed by atoms with Gasteiger partial charge in [0.1, 0.15) is 5.82 Å². The Balaban J connectivity index is 1.69. The molecule has 4 rings (SSSR count). The third-order valence-corrected chi connectivity index (χ3v) is 4.75. The Labute approximate surface area is 171 Å². The Kier molecular flexibility index (Phi) is 4.90. The molecule has 2 N–H and O–H groups in total. The summed E-state index contributed by atoms with van der Waals surface area (Å²) in [7, 11) is 0. The monoisotopic (exact) mass is 409 g/mol. The smallest absolute Gasteiger partial charge is 0.221 e. The number of amides is 1. The highest BCUT2D eigenvalue weighted by Gasteiger charge is 2.12. The molecule has 0 unspecified atom stereocenters. The lowest BCUT2D eigenvalue weighted by molar-refractivity contribution is -0.114. The van der Waals surface area contributed by atoms with Crippen molar-refractivity contribution in [2.75, 3.05) is 10.6 Å². The largest absolute Gasteiger partial charge is 0.337 e. The van der Waals surface area contributed by atoms with Crippen LogP contribution in [0.2, 0.25) is 5.02 Å². The molecule has 0 radical (unpaired) electrons. The number of nitrogens with zero attached hydrogens (tertiary/aromatic N) is 3. The maximum atomic E-state index is 13.9. The van der Waals surface area contributed by atoms with Crippen LogP contribution in [0.4, 0.5) is 21.6 Å². The van der Waals surface area contributed by atoms with Crippen molar-refractivity contribution >= 4 is 40.3 Å². The van der Waals surface area contributed by atoms with Gasteiger partial charge < -0.3 is 10.6 Å². The number of aromatic nitrogens is 3. The number of fused-ring (bicyclic) bond motifs is 1. The highest BCUT2D eigenvalue weighted by atomic mass is 35.5. The van der Waals surface area contributed by atoms with Crippen molar-refractivity contribution in [2.45, 2.75) is 13.8 Å². The van der Waals surface area contributed by atoms with Gasteiger partial charge in [-0.3, -0.25) is 9.20 Å². The van der Waals surface area contributed by atoms with Crippen molar-refractivity contribution in [3.05, 3.63) is 71.4 Å². The average Bonchev–Trinajstić information content (AvgIpc) is 3.11. The minimum Gasteiger partial charge on any atom is -0.337 e. The summed E-state index contributed by atoms with van der Waals surface area (Å²) in [6, 6.07) is 10.2. The lowest BCUT2D eigenvalue weighted by Crippen LogP contribution is -2.07. The first kappa shape index (κ1) is 18.9. The molecule has 146 valence electrons. The Bertz CT molecular complexity index is 1240. The van der Waals surface area contributed by atoms with Crippen LogP contribution in [0.3, 0.4) is 0 Å². The van der Waals surface area contributed by atoms with Crippen LogP contribution in [0.25, 0.3) is 16.9 Å². The molecule has 0 aliphatic heterocycles. The van der Waals surface area contributed by atoms with Gasteiger partial charge in [-0.1, -0.05) is 17.7 Å². The first-order chi connectivity index (χ1) is 13.9. The van der Waals surface area contributed by atoms with Gasteiger partial charge in [-0.15, -0.1) is 0 Å². The summed E-state index contributed by atoms with van der Waals surface area (Å²) in [5, 5.41) is 6.11. The van der Waals surface area contributed by atoms with Gasteiger partial charge in [0, 0.05) is 36.3 Å². The third kappa shape index (κ3) is 3.77. The predicted molar refractivity (Wildman–Crippen MR) is 112 cm³/mol. The summed E-state index contributed by atoms with van der Waals surface area (Å²) in [5.74, 6) is -0.0510. The highest BCUT2D eigenvalue weighted by molar-refractivity contribution is 6.30. The molecular weight excluding hydrogens is 393 g/mol. The van der Waals surface area contributed by atoms with Crippen LogP contribution in [0.5, 0.6) is 0 Å². The second-order valence-electron chi connectivity index (χ2n) is 6.58. The second kappa shape index (κ2) is 7.52.